The fourth-order valence-electron chi connectivity index (χ4n) is 8.20. The van der Waals surface area contributed by atoms with Gasteiger partial charge in [-0.1, -0.05) is 26.7 Å². The van der Waals surface area contributed by atoms with Crippen molar-refractivity contribution >= 4 is 11.9 Å². The second kappa shape index (κ2) is 6.82. The van der Waals surface area contributed by atoms with Crippen LogP contribution in [-0.4, -0.2) is 15.6 Å². The topological polar surface area (TPSA) is 34.9 Å². The molecule has 0 spiro atoms. The number of nitrogens with zero attached hydrogens (tertiary/aromatic N) is 2. The fourth-order valence-corrected chi connectivity index (χ4v) is 8.20. The van der Waals surface area contributed by atoms with Gasteiger partial charge in [-0.2, -0.15) is 5.10 Å². The lowest BCUT2D eigenvalue weighted by Crippen LogP contribution is -2.52. The van der Waals surface area contributed by atoms with Gasteiger partial charge in [-0.3, -0.25) is 9.48 Å². The van der Waals surface area contributed by atoms with E-state index in [0.717, 1.165) is 48.3 Å². The van der Waals surface area contributed by atoms with Crippen LogP contribution in [0.3, 0.4) is 0 Å². The van der Waals surface area contributed by atoms with E-state index >= 15 is 0 Å². The van der Waals surface area contributed by atoms with Crippen molar-refractivity contribution in [2.75, 3.05) is 0 Å². The molecule has 0 aliphatic heterocycles. The van der Waals surface area contributed by atoms with E-state index in [1.54, 1.807) is 0 Å². The van der Waals surface area contributed by atoms with E-state index in [9.17, 15) is 4.79 Å². The first kappa shape index (κ1) is 19.6. The summed E-state index contributed by atoms with van der Waals surface area (Å²) < 4.78 is 2.03. The maximum absolute atomic E-state index is 13.6. The third-order valence-electron chi connectivity index (χ3n) is 9.99. The summed E-state index contributed by atoms with van der Waals surface area (Å²) in [5.74, 6) is 3.54. The van der Waals surface area contributed by atoms with Gasteiger partial charge >= 0.3 is 0 Å². The minimum atomic E-state index is -0.125. The Bertz CT molecular complexity index is 851. The first-order valence-corrected chi connectivity index (χ1v) is 12.2. The highest BCUT2D eigenvalue weighted by Crippen LogP contribution is 2.66. The van der Waals surface area contributed by atoms with Crippen LogP contribution in [-0.2, 0) is 11.3 Å². The molecule has 0 N–H and O–H groups in total. The average molecular weight is 395 g/mol. The number of fused-ring (bicyclic) bond motifs is 5. The van der Waals surface area contributed by atoms with E-state index in [1.165, 1.54) is 50.6 Å². The SMILES string of the molecule is CCn1ncc(/C=C2/C[C@H]3[C@@H]4CC[C@H]5CCCC[C@]5(C)[C@H]4CC[C@]3(C)C2=O)c1C. The molecule has 29 heavy (non-hydrogen) atoms. The molecule has 4 fully saturated rings. The minimum absolute atomic E-state index is 0.125. The lowest BCUT2D eigenvalue weighted by molar-refractivity contribution is -0.137. The molecule has 4 aliphatic carbocycles. The molecule has 1 aromatic rings. The monoisotopic (exact) mass is 394 g/mol. The first-order chi connectivity index (χ1) is 13.9. The van der Waals surface area contributed by atoms with Gasteiger partial charge in [0.25, 0.3) is 0 Å². The van der Waals surface area contributed by atoms with Gasteiger partial charge in [0.15, 0.2) is 5.78 Å². The van der Waals surface area contributed by atoms with Crippen molar-refractivity contribution in [1.29, 1.82) is 0 Å². The predicted octanol–water partition coefficient (Wildman–Crippen LogP) is 6.21. The molecular formula is C26H38N2O. The lowest BCUT2D eigenvalue weighted by atomic mass is 9.45. The number of rotatable bonds is 2. The highest BCUT2D eigenvalue weighted by Gasteiger charge is 2.60. The van der Waals surface area contributed by atoms with Crippen molar-refractivity contribution in [2.45, 2.75) is 92.0 Å². The van der Waals surface area contributed by atoms with E-state index < -0.39 is 0 Å². The van der Waals surface area contributed by atoms with Gasteiger partial charge in [0.05, 0.1) is 6.20 Å². The van der Waals surface area contributed by atoms with Gasteiger partial charge in [0.1, 0.15) is 0 Å². The van der Waals surface area contributed by atoms with Crippen LogP contribution in [0, 0.1) is 41.4 Å². The number of aryl methyl sites for hydroxylation is 1. The lowest BCUT2D eigenvalue weighted by Gasteiger charge is -2.59. The molecular weight excluding hydrogens is 356 g/mol. The molecule has 0 amide bonds. The summed E-state index contributed by atoms with van der Waals surface area (Å²) in [4.78, 5) is 13.6. The van der Waals surface area contributed by atoms with Gasteiger partial charge in [0, 0.05) is 23.2 Å². The second-order valence-corrected chi connectivity index (χ2v) is 11.1. The Morgan fingerprint density at radius 1 is 1.14 bits per heavy atom. The molecule has 6 atom stereocenters. The highest BCUT2D eigenvalue weighted by molar-refractivity contribution is 6.06. The summed E-state index contributed by atoms with van der Waals surface area (Å²) in [5.41, 5.74) is 3.81. The summed E-state index contributed by atoms with van der Waals surface area (Å²) in [5, 5.41) is 4.49. The standard InChI is InChI=1S/C26H38N2O/c1-5-28-17(2)19(16-27-28)14-18-15-23-21-10-9-20-8-6-7-12-25(20,3)22(21)11-13-26(23,4)24(18)29/h14,16,20-23H,5-13,15H2,1-4H3/b18-14-/t20-,21-,22+,23+,25+,26+/m1/s1. The van der Waals surface area contributed by atoms with Crippen LogP contribution in [0.4, 0.5) is 0 Å². The molecule has 4 aliphatic rings. The maximum atomic E-state index is 13.6. The molecule has 1 aromatic heterocycles. The van der Waals surface area contributed by atoms with E-state index in [1.807, 2.05) is 10.9 Å². The largest absolute Gasteiger partial charge is 0.294 e. The van der Waals surface area contributed by atoms with Crippen LogP contribution in [0.1, 0.15) is 89.8 Å². The number of allylic oxidation sites excluding steroid dienone is 1. The molecule has 4 saturated carbocycles. The molecule has 0 saturated heterocycles. The zero-order valence-corrected chi connectivity index (χ0v) is 18.8. The third kappa shape index (κ3) is 2.75. The van der Waals surface area contributed by atoms with Crippen LogP contribution >= 0.6 is 0 Å². The van der Waals surface area contributed by atoms with Crippen LogP contribution in [0.2, 0.25) is 0 Å². The van der Waals surface area contributed by atoms with Crippen molar-refractivity contribution in [3.05, 3.63) is 23.0 Å². The molecule has 5 rings (SSSR count). The summed E-state index contributed by atoms with van der Waals surface area (Å²) in [6.45, 7) is 10.0. The molecule has 0 unspecified atom stereocenters. The van der Waals surface area contributed by atoms with Crippen molar-refractivity contribution in [1.82, 2.24) is 9.78 Å². The Hall–Kier alpha value is -1.38. The van der Waals surface area contributed by atoms with E-state index in [4.69, 9.17) is 0 Å². The first-order valence-electron chi connectivity index (χ1n) is 12.2. The quantitative estimate of drug-likeness (QED) is 0.559. The van der Waals surface area contributed by atoms with Crippen LogP contribution in [0.15, 0.2) is 11.8 Å². The van der Waals surface area contributed by atoms with E-state index in [-0.39, 0.29) is 5.41 Å². The second-order valence-electron chi connectivity index (χ2n) is 11.1. The molecule has 158 valence electrons. The maximum Gasteiger partial charge on any atom is 0.165 e. The Morgan fingerprint density at radius 3 is 2.72 bits per heavy atom. The molecule has 3 heteroatoms. The normalized spacial score (nSPS) is 43.2. The predicted molar refractivity (Wildman–Crippen MR) is 117 cm³/mol. The summed E-state index contributed by atoms with van der Waals surface area (Å²) in [6.07, 6.45) is 16.0. The van der Waals surface area contributed by atoms with Gasteiger partial charge in [-0.05, 0) is 99.5 Å². The summed E-state index contributed by atoms with van der Waals surface area (Å²) in [6, 6.07) is 0. The molecule has 0 bridgehead atoms. The Labute approximate surface area is 176 Å². The summed E-state index contributed by atoms with van der Waals surface area (Å²) >= 11 is 0. The number of ketones is 1. The van der Waals surface area contributed by atoms with Gasteiger partial charge in [0.2, 0.25) is 0 Å². The molecule has 3 nitrogen and oxygen atoms in total. The highest BCUT2D eigenvalue weighted by atomic mass is 16.1. The average Bonchev–Trinajstić information content (AvgIpc) is 3.19. The van der Waals surface area contributed by atoms with Crippen molar-refractivity contribution in [3.63, 3.8) is 0 Å². The number of carbonyl (C=O) groups is 1. The zero-order valence-electron chi connectivity index (χ0n) is 18.8. The Balaban J connectivity index is 1.46. The van der Waals surface area contributed by atoms with E-state index in [0.29, 0.717) is 17.1 Å². The summed E-state index contributed by atoms with van der Waals surface area (Å²) in [7, 11) is 0. The van der Waals surface area contributed by atoms with Gasteiger partial charge in [-0.15, -0.1) is 0 Å². The molecule has 0 radical (unpaired) electrons. The number of carbonyl (C=O) groups excluding carboxylic acids is 1. The molecule has 0 aromatic carbocycles. The number of aromatic nitrogens is 2. The Morgan fingerprint density at radius 2 is 1.97 bits per heavy atom. The van der Waals surface area contributed by atoms with E-state index in [2.05, 4.69) is 38.9 Å². The fraction of sp³-hybridized carbons (Fsp3) is 0.769. The van der Waals surface area contributed by atoms with Crippen molar-refractivity contribution in [3.8, 4) is 0 Å². The third-order valence-corrected chi connectivity index (χ3v) is 9.99. The van der Waals surface area contributed by atoms with Gasteiger partial charge in [-0.25, -0.2) is 0 Å². The van der Waals surface area contributed by atoms with Crippen molar-refractivity contribution < 1.29 is 4.79 Å². The zero-order chi connectivity index (χ0) is 20.4. The number of Topliss-reactive ketones (excluding diaryl/α,β-unsaturated/α-hetero) is 1. The molecule has 1 heterocycles. The van der Waals surface area contributed by atoms with Crippen LogP contribution in [0.5, 0.6) is 0 Å². The van der Waals surface area contributed by atoms with Gasteiger partial charge < -0.3 is 0 Å². The minimum Gasteiger partial charge on any atom is -0.294 e. The van der Waals surface area contributed by atoms with Crippen LogP contribution < -0.4 is 0 Å². The van der Waals surface area contributed by atoms with Crippen molar-refractivity contribution in [2.24, 2.45) is 34.5 Å². The Kier molecular flexibility index (Phi) is 4.60. The smallest absolute Gasteiger partial charge is 0.165 e. The van der Waals surface area contributed by atoms with Crippen LogP contribution in [0.25, 0.3) is 6.08 Å². The number of hydrogen-bond acceptors (Lipinski definition) is 2. The number of hydrogen-bond donors (Lipinski definition) is 0.